The van der Waals surface area contributed by atoms with Crippen LogP contribution in [0.4, 0.5) is 5.69 Å². The van der Waals surface area contributed by atoms with Crippen LogP contribution in [0.2, 0.25) is 5.02 Å². The summed E-state index contributed by atoms with van der Waals surface area (Å²) in [6.07, 6.45) is 0.850. The normalized spacial score (nSPS) is 10.1. The zero-order valence-corrected chi connectivity index (χ0v) is 10.9. The summed E-state index contributed by atoms with van der Waals surface area (Å²) in [5, 5.41) is 0.747. The zero-order chi connectivity index (χ0) is 13.0. The summed E-state index contributed by atoms with van der Waals surface area (Å²) in [5.41, 5.74) is 2.97. The Morgan fingerprint density at radius 2 is 1.67 bits per heavy atom. The van der Waals surface area contributed by atoms with Gasteiger partial charge in [-0.3, -0.25) is 4.79 Å². The van der Waals surface area contributed by atoms with Crippen molar-refractivity contribution in [1.29, 1.82) is 0 Å². The first-order valence-corrected chi connectivity index (χ1v) is 6.07. The molecule has 18 heavy (non-hydrogen) atoms. The molecule has 92 valence electrons. The monoisotopic (exact) mass is 259 g/mol. The molecule has 0 saturated carbocycles. The molecule has 0 aliphatic carbocycles. The van der Waals surface area contributed by atoms with Gasteiger partial charge < -0.3 is 4.90 Å². The van der Waals surface area contributed by atoms with E-state index in [1.165, 1.54) is 5.56 Å². The number of hydrogen-bond donors (Lipinski definition) is 0. The molecule has 0 fully saturated rings. The van der Waals surface area contributed by atoms with E-state index in [9.17, 15) is 4.79 Å². The van der Waals surface area contributed by atoms with E-state index in [1.54, 1.807) is 0 Å². The van der Waals surface area contributed by atoms with Crippen molar-refractivity contribution in [3.63, 3.8) is 0 Å². The highest BCUT2D eigenvalue weighted by atomic mass is 35.5. The molecule has 2 rings (SSSR count). The fourth-order valence-corrected chi connectivity index (χ4v) is 1.89. The molecule has 2 nitrogen and oxygen atoms in total. The molecular weight excluding hydrogens is 246 g/mol. The Kier molecular flexibility index (Phi) is 4.00. The Balaban J connectivity index is 2.08. The number of nitrogens with zero attached hydrogens (tertiary/aromatic N) is 1. The number of rotatable bonds is 4. The van der Waals surface area contributed by atoms with E-state index in [0.29, 0.717) is 5.56 Å². The Bertz CT molecular complexity index is 519. The van der Waals surface area contributed by atoms with Crippen molar-refractivity contribution in [3.8, 4) is 0 Å². The highest BCUT2D eigenvalue weighted by Gasteiger charge is 2.02. The van der Waals surface area contributed by atoms with Crippen molar-refractivity contribution in [1.82, 2.24) is 0 Å². The Labute approximate surface area is 112 Å². The molecule has 3 heteroatoms. The predicted octanol–water partition coefficient (Wildman–Crippen LogP) is 3.79. The van der Waals surface area contributed by atoms with E-state index < -0.39 is 0 Å². The minimum atomic E-state index is 0.693. The zero-order valence-electron chi connectivity index (χ0n) is 10.1. The minimum Gasteiger partial charge on any atom is -0.370 e. The first kappa shape index (κ1) is 12.7. The van der Waals surface area contributed by atoms with E-state index in [2.05, 4.69) is 4.90 Å². The van der Waals surface area contributed by atoms with Crippen LogP contribution in [0.15, 0.2) is 48.5 Å². The van der Waals surface area contributed by atoms with Gasteiger partial charge in [0.15, 0.2) is 0 Å². The standard InChI is InChI=1S/C15H14ClNO/c1-17(10-12-2-6-14(16)7-3-12)15-8-4-13(11-18)5-9-15/h2-9,11H,10H2,1H3. The summed E-state index contributed by atoms with van der Waals surface area (Å²) in [5.74, 6) is 0. The second kappa shape index (κ2) is 5.69. The quantitative estimate of drug-likeness (QED) is 0.779. The van der Waals surface area contributed by atoms with E-state index in [1.807, 2.05) is 55.6 Å². The lowest BCUT2D eigenvalue weighted by Gasteiger charge is -2.19. The largest absolute Gasteiger partial charge is 0.370 e. The molecule has 2 aromatic carbocycles. The van der Waals surface area contributed by atoms with E-state index in [0.717, 1.165) is 23.5 Å². The summed E-state index contributed by atoms with van der Waals surface area (Å²) in [7, 11) is 2.02. The van der Waals surface area contributed by atoms with Crippen molar-refractivity contribution in [2.24, 2.45) is 0 Å². The van der Waals surface area contributed by atoms with Gasteiger partial charge in [0.05, 0.1) is 0 Å². The molecule has 0 atom stereocenters. The van der Waals surface area contributed by atoms with Crippen molar-refractivity contribution in [2.45, 2.75) is 6.54 Å². The molecule has 0 aromatic heterocycles. The molecule has 0 aliphatic rings. The SMILES string of the molecule is CN(Cc1ccc(Cl)cc1)c1ccc(C=O)cc1. The molecule has 0 radical (unpaired) electrons. The third kappa shape index (κ3) is 3.11. The van der Waals surface area contributed by atoms with Crippen LogP contribution in [-0.4, -0.2) is 13.3 Å². The molecule has 0 heterocycles. The lowest BCUT2D eigenvalue weighted by Crippen LogP contribution is -2.16. The Hall–Kier alpha value is -1.80. The molecule has 0 saturated heterocycles. The first-order valence-electron chi connectivity index (χ1n) is 5.70. The molecule has 0 unspecified atom stereocenters. The van der Waals surface area contributed by atoms with Gasteiger partial charge in [-0.05, 0) is 42.0 Å². The fourth-order valence-electron chi connectivity index (χ4n) is 1.76. The lowest BCUT2D eigenvalue weighted by molar-refractivity contribution is 0.112. The van der Waals surface area contributed by atoms with Crippen LogP contribution in [0, 0.1) is 0 Å². The molecule has 0 N–H and O–H groups in total. The van der Waals surface area contributed by atoms with Crippen LogP contribution < -0.4 is 4.90 Å². The highest BCUT2D eigenvalue weighted by Crippen LogP contribution is 2.17. The molecular formula is C15H14ClNO. The number of carbonyl (C=O) groups excluding carboxylic acids is 1. The highest BCUT2D eigenvalue weighted by molar-refractivity contribution is 6.30. The van der Waals surface area contributed by atoms with Crippen LogP contribution in [0.1, 0.15) is 15.9 Å². The average Bonchev–Trinajstić information content (AvgIpc) is 2.41. The molecule has 0 aliphatic heterocycles. The van der Waals surface area contributed by atoms with Gasteiger partial charge in [-0.2, -0.15) is 0 Å². The van der Waals surface area contributed by atoms with Gasteiger partial charge in [-0.15, -0.1) is 0 Å². The first-order chi connectivity index (χ1) is 8.69. The van der Waals surface area contributed by atoms with E-state index in [4.69, 9.17) is 11.6 Å². The topological polar surface area (TPSA) is 20.3 Å². The number of carbonyl (C=O) groups is 1. The summed E-state index contributed by atoms with van der Waals surface area (Å²) < 4.78 is 0. The number of benzene rings is 2. The van der Waals surface area contributed by atoms with Crippen molar-refractivity contribution in [3.05, 3.63) is 64.7 Å². The Morgan fingerprint density at radius 3 is 2.22 bits per heavy atom. The minimum absolute atomic E-state index is 0.693. The van der Waals surface area contributed by atoms with Crippen LogP contribution in [0.5, 0.6) is 0 Å². The summed E-state index contributed by atoms with van der Waals surface area (Å²) in [4.78, 5) is 12.7. The second-order valence-electron chi connectivity index (χ2n) is 4.19. The third-order valence-corrected chi connectivity index (χ3v) is 3.05. The van der Waals surface area contributed by atoms with Crippen LogP contribution >= 0.6 is 11.6 Å². The van der Waals surface area contributed by atoms with Gasteiger partial charge in [0.2, 0.25) is 0 Å². The maximum atomic E-state index is 10.6. The smallest absolute Gasteiger partial charge is 0.150 e. The van der Waals surface area contributed by atoms with Crippen LogP contribution in [-0.2, 0) is 6.54 Å². The molecule has 2 aromatic rings. The van der Waals surface area contributed by atoms with E-state index >= 15 is 0 Å². The molecule has 0 bridgehead atoms. The summed E-state index contributed by atoms with van der Waals surface area (Å²) in [6.45, 7) is 0.803. The number of hydrogen-bond acceptors (Lipinski definition) is 2. The maximum Gasteiger partial charge on any atom is 0.150 e. The third-order valence-electron chi connectivity index (χ3n) is 2.80. The summed E-state index contributed by atoms with van der Waals surface area (Å²) in [6, 6.07) is 15.3. The van der Waals surface area contributed by atoms with Gasteiger partial charge >= 0.3 is 0 Å². The predicted molar refractivity (Wildman–Crippen MR) is 75.4 cm³/mol. The summed E-state index contributed by atoms with van der Waals surface area (Å²) >= 11 is 5.85. The van der Waals surface area contributed by atoms with Gasteiger partial charge in [0, 0.05) is 29.9 Å². The van der Waals surface area contributed by atoms with Gasteiger partial charge in [-0.25, -0.2) is 0 Å². The van der Waals surface area contributed by atoms with E-state index in [-0.39, 0.29) is 0 Å². The van der Waals surface area contributed by atoms with Gasteiger partial charge in [-0.1, -0.05) is 23.7 Å². The maximum absolute atomic E-state index is 10.6. The lowest BCUT2D eigenvalue weighted by atomic mass is 10.2. The van der Waals surface area contributed by atoms with Crippen molar-refractivity contribution in [2.75, 3.05) is 11.9 Å². The Morgan fingerprint density at radius 1 is 1.06 bits per heavy atom. The second-order valence-corrected chi connectivity index (χ2v) is 4.63. The molecule has 0 amide bonds. The fraction of sp³-hybridized carbons (Fsp3) is 0.133. The number of aldehydes is 1. The number of anilines is 1. The van der Waals surface area contributed by atoms with Crippen molar-refractivity contribution >= 4 is 23.6 Å². The van der Waals surface area contributed by atoms with Gasteiger partial charge in [0.25, 0.3) is 0 Å². The van der Waals surface area contributed by atoms with Crippen LogP contribution in [0.25, 0.3) is 0 Å². The molecule has 0 spiro atoms. The van der Waals surface area contributed by atoms with Crippen LogP contribution in [0.3, 0.4) is 0 Å². The van der Waals surface area contributed by atoms with Gasteiger partial charge in [0.1, 0.15) is 6.29 Å². The van der Waals surface area contributed by atoms with Crippen molar-refractivity contribution < 1.29 is 4.79 Å². The average molecular weight is 260 g/mol. The number of halogens is 1.